The Morgan fingerprint density at radius 1 is 0.942 bits per heavy atom. The van der Waals surface area contributed by atoms with Crippen LogP contribution in [-0.4, -0.2) is 73.4 Å². The van der Waals surface area contributed by atoms with E-state index in [4.69, 9.17) is 9.37 Å². The van der Waals surface area contributed by atoms with Gasteiger partial charge in [-0.15, -0.1) is 0 Å². The molecular formula is C37H47N9O6. The number of hydrogen-bond donors (Lipinski definition) is 4. The van der Waals surface area contributed by atoms with E-state index >= 15 is 0 Å². The number of amides is 4. The molecule has 276 valence electrons. The van der Waals surface area contributed by atoms with Gasteiger partial charge in [0.25, 0.3) is 5.91 Å². The quantitative estimate of drug-likeness (QED) is 0.221. The van der Waals surface area contributed by atoms with Crippen molar-refractivity contribution in [3.63, 3.8) is 0 Å². The maximum Gasteiger partial charge on any atom is 0.276 e. The van der Waals surface area contributed by atoms with Gasteiger partial charge >= 0.3 is 0 Å². The lowest BCUT2D eigenvalue weighted by Crippen LogP contribution is -2.55. The van der Waals surface area contributed by atoms with Gasteiger partial charge in [0, 0.05) is 12.8 Å². The third kappa shape index (κ3) is 10.0. The SMILES string of the molecule is Cc1nc2n(n1)CC(=O)N[C@@H](CC(C)C)COc1ccc(cc1)C[C@@H](NC(=O)c1nonc1C)C(=O)N[C@@H](Cc1ccccc1)C(=O)N[C@H]2C(C)C. The first-order chi connectivity index (χ1) is 24.9. The molecular weight excluding hydrogens is 666 g/mol. The number of nitrogens with one attached hydrogen (secondary N) is 4. The zero-order chi connectivity index (χ0) is 37.4. The van der Waals surface area contributed by atoms with Gasteiger partial charge in [-0.1, -0.05) is 75.3 Å². The van der Waals surface area contributed by atoms with Crippen LogP contribution in [-0.2, 0) is 33.8 Å². The molecule has 2 aromatic carbocycles. The highest BCUT2D eigenvalue weighted by Crippen LogP contribution is 2.22. The number of hydrogen-bond acceptors (Lipinski definition) is 10. The van der Waals surface area contributed by atoms with Crippen molar-refractivity contribution in [1.82, 2.24) is 46.3 Å². The largest absolute Gasteiger partial charge is 0.491 e. The van der Waals surface area contributed by atoms with Crippen molar-refractivity contribution in [3.05, 3.63) is 88.8 Å². The number of nitrogens with zero attached hydrogens (tertiary/aromatic N) is 5. The van der Waals surface area contributed by atoms with Crippen LogP contribution < -0.4 is 26.0 Å². The number of carbonyl (C=O) groups excluding carboxylic acids is 4. The Hall–Kier alpha value is -5.60. The summed E-state index contributed by atoms with van der Waals surface area (Å²) < 4.78 is 12.3. The minimum Gasteiger partial charge on any atom is -0.491 e. The standard InChI is InChI=1S/C37H47N9O6/c1-21(2)16-27-20-51-28-14-12-26(13-15-28)18-29(41-37(50)33-23(5)44-52-45-33)35(48)40-30(17-25-10-8-7-9-11-25)36(49)42-32(22(3)4)34-38-24(6)43-46(34)19-31(47)39-27/h7-15,21-22,27,29-30,32H,16-20H2,1-6H3,(H,39,47)(H,40,48)(H,41,50)(H,42,49)/t27-,29+,30-,32-/m0/s1. The van der Waals surface area contributed by atoms with E-state index in [1.54, 1.807) is 38.1 Å². The van der Waals surface area contributed by atoms with Gasteiger partial charge in [0.1, 0.15) is 42.5 Å². The molecule has 0 aliphatic carbocycles. The maximum atomic E-state index is 14.2. The summed E-state index contributed by atoms with van der Waals surface area (Å²) in [5, 5.41) is 23.7. The number of carbonyl (C=O) groups is 4. The van der Waals surface area contributed by atoms with Crippen molar-refractivity contribution in [1.29, 1.82) is 0 Å². The Morgan fingerprint density at radius 2 is 1.67 bits per heavy atom. The Morgan fingerprint density at radius 3 is 2.33 bits per heavy atom. The van der Waals surface area contributed by atoms with Crippen LogP contribution in [0.4, 0.5) is 0 Å². The molecule has 0 spiro atoms. The van der Waals surface area contributed by atoms with Crippen LogP contribution in [0.3, 0.4) is 0 Å². The highest BCUT2D eigenvalue weighted by molar-refractivity contribution is 5.97. The average Bonchev–Trinajstić information content (AvgIpc) is 3.69. The Bertz CT molecular complexity index is 1840. The molecule has 2 aliphatic heterocycles. The molecule has 4 N–H and O–H groups in total. The van der Waals surface area contributed by atoms with Crippen LogP contribution in [0.2, 0.25) is 0 Å². The van der Waals surface area contributed by atoms with Crippen LogP contribution in [0.25, 0.3) is 0 Å². The van der Waals surface area contributed by atoms with Gasteiger partial charge in [-0.2, -0.15) is 5.10 Å². The number of benzene rings is 2. The van der Waals surface area contributed by atoms with Crippen molar-refractivity contribution in [3.8, 4) is 5.75 Å². The first-order valence-corrected chi connectivity index (χ1v) is 17.5. The van der Waals surface area contributed by atoms with E-state index in [1.807, 2.05) is 44.2 Å². The minimum atomic E-state index is -1.11. The molecule has 52 heavy (non-hydrogen) atoms. The van der Waals surface area contributed by atoms with Crippen LogP contribution >= 0.6 is 0 Å². The minimum absolute atomic E-state index is 0.0520. The second kappa shape index (κ2) is 17.1. The maximum absolute atomic E-state index is 14.2. The molecule has 0 saturated heterocycles. The molecule has 0 radical (unpaired) electrons. The van der Waals surface area contributed by atoms with Crippen molar-refractivity contribution in [2.24, 2.45) is 11.8 Å². The summed E-state index contributed by atoms with van der Waals surface area (Å²) in [6.45, 7) is 11.4. The molecule has 4 aromatic rings. The topological polar surface area (TPSA) is 195 Å². The van der Waals surface area contributed by atoms with E-state index in [1.165, 1.54) is 4.68 Å². The summed E-state index contributed by atoms with van der Waals surface area (Å²) in [5.41, 5.74) is 1.75. The van der Waals surface area contributed by atoms with Crippen LogP contribution in [0.5, 0.6) is 5.75 Å². The molecule has 4 heterocycles. The molecule has 0 saturated carbocycles. The van der Waals surface area contributed by atoms with Gasteiger partial charge in [0.15, 0.2) is 11.5 Å². The lowest BCUT2D eigenvalue weighted by Gasteiger charge is -2.27. The molecule has 2 aromatic heterocycles. The number of rotatable bonds is 7. The van der Waals surface area contributed by atoms with Gasteiger partial charge in [0.05, 0.1) is 12.1 Å². The third-order valence-corrected chi connectivity index (χ3v) is 8.68. The lowest BCUT2D eigenvalue weighted by molar-refractivity contribution is -0.130. The van der Waals surface area contributed by atoms with E-state index in [0.717, 1.165) is 11.1 Å². The zero-order valence-corrected chi connectivity index (χ0v) is 30.4. The molecule has 15 heteroatoms. The van der Waals surface area contributed by atoms with E-state index in [9.17, 15) is 19.2 Å². The molecule has 0 unspecified atom stereocenters. The van der Waals surface area contributed by atoms with Gasteiger partial charge < -0.3 is 26.0 Å². The smallest absolute Gasteiger partial charge is 0.276 e. The molecule has 2 aliphatic rings. The third-order valence-electron chi connectivity index (χ3n) is 8.68. The summed E-state index contributed by atoms with van der Waals surface area (Å²) >= 11 is 0. The second-order valence-electron chi connectivity index (χ2n) is 13.9. The van der Waals surface area contributed by atoms with Crippen molar-refractivity contribution in [2.45, 2.75) is 91.5 Å². The lowest BCUT2D eigenvalue weighted by atomic mass is 10.00. The molecule has 15 nitrogen and oxygen atoms in total. The fourth-order valence-electron chi connectivity index (χ4n) is 6.11. The fourth-order valence-corrected chi connectivity index (χ4v) is 6.11. The normalized spacial score (nSPS) is 20.4. The summed E-state index contributed by atoms with van der Waals surface area (Å²) in [7, 11) is 0. The molecule has 4 amide bonds. The molecule has 4 atom stereocenters. The van der Waals surface area contributed by atoms with Crippen LogP contribution in [0, 0.1) is 25.7 Å². The summed E-state index contributed by atoms with van der Waals surface area (Å²) in [6.07, 6.45) is 0.927. The summed E-state index contributed by atoms with van der Waals surface area (Å²) in [4.78, 5) is 59.8. The molecule has 0 fully saturated rings. The fraction of sp³-hybridized carbons (Fsp3) is 0.459. The Balaban J connectivity index is 1.53. The Kier molecular flexibility index (Phi) is 12.4. The van der Waals surface area contributed by atoms with Crippen LogP contribution in [0.15, 0.2) is 59.2 Å². The first-order valence-electron chi connectivity index (χ1n) is 17.5. The van der Waals surface area contributed by atoms with E-state index < -0.39 is 35.8 Å². The predicted molar refractivity (Wildman–Crippen MR) is 190 cm³/mol. The second-order valence-corrected chi connectivity index (χ2v) is 13.9. The number of aryl methyl sites for hydroxylation is 2. The summed E-state index contributed by atoms with van der Waals surface area (Å²) in [5.74, 6) is -0.428. The van der Waals surface area contributed by atoms with Crippen LogP contribution in [0.1, 0.15) is 79.1 Å². The van der Waals surface area contributed by atoms with E-state index in [-0.39, 0.29) is 61.2 Å². The number of aromatic nitrogens is 5. The zero-order valence-electron chi connectivity index (χ0n) is 30.4. The van der Waals surface area contributed by atoms with Crippen molar-refractivity contribution < 1.29 is 28.5 Å². The number of ether oxygens (including phenoxy) is 1. The van der Waals surface area contributed by atoms with Crippen molar-refractivity contribution >= 4 is 23.6 Å². The molecule has 6 rings (SSSR count). The van der Waals surface area contributed by atoms with Crippen molar-refractivity contribution in [2.75, 3.05) is 6.61 Å². The highest BCUT2D eigenvalue weighted by Gasteiger charge is 2.32. The van der Waals surface area contributed by atoms with E-state index in [0.29, 0.717) is 23.8 Å². The van der Waals surface area contributed by atoms with Gasteiger partial charge in [0.2, 0.25) is 17.7 Å². The van der Waals surface area contributed by atoms with Gasteiger partial charge in [-0.3, -0.25) is 19.2 Å². The molecule has 2 bridgehead atoms. The number of fused-ring (bicyclic) bond motifs is 14. The Labute approximate surface area is 302 Å². The van der Waals surface area contributed by atoms with Gasteiger partial charge in [-0.25, -0.2) is 14.3 Å². The van der Waals surface area contributed by atoms with E-state index in [2.05, 4.69) is 55.5 Å². The highest BCUT2D eigenvalue weighted by atomic mass is 16.6. The average molecular weight is 714 g/mol. The van der Waals surface area contributed by atoms with Gasteiger partial charge in [-0.05, 0) is 60.5 Å². The monoisotopic (exact) mass is 713 g/mol. The summed E-state index contributed by atoms with van der Waals surface area (Å²) in [6, 6.07) is 13.3. The first kappa shape index (κ1) is 37.7. The predicted octanol–water partition coefficient (Wildman–Crippen LogP) is 2.78.